The standard InChI is InChI=1S/C14H14NO4.BF4/c1-15-8-9-6-4-5-7-10(9)11(13(16)18-2)12(15)14(17)19-3;2-1(3,4)5/h4-8H,1-3H3;/q+1;-1. The minimum Gasteiger partial charge on any atom is -0.465 e. The topological polar surface area (TPSA) is 56.5 Å². The zero-order valence-electron chi connectivity index (χ0n) is 13.1. The molecule has 2 rings (SSSR count). The van der Waals surface area contributed by atoms with E-state index >= 15 is 0 Å². The Morgan fingerprint density at radius 1 is 1.00 bits per heavy atom. The molecule has 0 bridgehead atoms. The van der Waals surface area contributed by atoms with Gasteiger partial charge in [-0.25, -0.2) is 9.59 Å². The van der Waals surface area contributed by atoms with E-state index in [2.05, 4.69) is 0 Å². The summed E-state index contributed by atoms with van der Waals surface area (Å²) in [5.74, 6) is -1.14. The molecule has 0 atom stereocenters. The van der Waals surface area contributed by atoms with E-state index in [1.165, 1.54) is 14.2 Å². The third-order valence-corrected chi connectivity index (χ3v) is 2.92. The number of nitrogens with zero attached hydrogens (tertiary/aromatic N) is 1. The van der Waals surface area contributed by atoms with Gasteiger partial charge in [0.25, 0.3) is 0 Å². The maximum atomic E-state index is 12.0. The summed E-state index contributed by atoms with van der Waals surface area (Å²) in [5.41, 5.74) is 0.392. The maximum Gasteiger partial charge on any atom is 0.673 e. The van der Waals surface area contributed by atoms with Gasteiger partial charge in [-0.05, 0) is 6.07 Å². The Morgan fingerprint density at radius 3 is 2.00 bits per heavy atom. The van der Waals surface area contributed by atoms with Gasteiger partial charge in [0, 0.05) is 10.8 Å². The Morgan fingerprint density at radius 2 is 1.50 bits per heavy atom. The zero-order valence-corrected chi connectivity index (χ0v) is 13.1. The lowest BCUT2D eigenvalue weighted by Gasteiger charge is -2.07. The van der Waals surface area contributed by atoms with E-state index in [-0.39, 0.29) is 11.3 Å². The fourth-order valence-electron chi connectivity index (χ4n) is 2.07. The Balaban J connectivity index is 0.000000505. The number of fused-ring (bicyclic) bond motifs is 1. The highest BCUT2D eigenvalue weighted by atomic mass is 19.5. The van der Waals surface area contributed by atoms with Gasteiger partial charge in [-0.1, -0.05) is 18.2 Å². The monoisotopic (exact) mass is 347 g/mol. The van der Waals surface area contributed by atoms with Crippen LogP contribution >= 0.6 is 0 Å². The quantitative estimate of drug-likeness (QED) is 0.363. The second-order valence-electron chi connectivity index (χ2n) is 4.53. The Hall–Kier alpha value is -2.65. The zero-order chi connectivity index (χ0) is 18.5. The average molecular weight is 347 g/mol. The van der Waals surface area contributed by atoms with Gasteiger partial charge in [-0.3, -0.25) is 0 Å². The number of methoxy groups -OCH3 is 2. The average Bonchev–Trinajstić information content (AvgIpc) is 2.50. The summed E-state index contributed by atoms with van der Waals surface area (Å²) in [5, 5.41) is 1.51. The lowest BCUT2D eigenvalue weighted by molar-refractivity contribution is -0.672. The van der Waals surface area contributed by atoms with Crippen LogP contribution in [-0.2, 0) is 16.5 Å². The predicted octanol–water partition coefficient (Wildman–Crippen LogP) is 2.54. The second-order valence-corrected chi connectivity index (χ2v) is 4.53. The van der Waals surface area contributed by atoms with Gasteiger partial charge in [0.2, 0.25) is 0 Å². The van der Waals surface area contributed by atoms with Gasteiger partial charge in [-0.15, -0.1) is 0 Å². The fraction of sp³-hybridized carbons (Fsp3) is 0.214. The van der Waals surface area contributed by atoms with Crippen LogP contribution in [0.3, 0.4) is 0 Å². The number of aromatic nitrogens is 1. The summed E-state index contributed by atoms with van der Waals surface area (Å²) in [4.78, 5) is 23.8. The van der Waals surface area contributed by atoms with Crippen LogP contribution in [0.4, 0.5) is 17.3 Å². The molecule has 0 aliphatic heterocycles. The van der Waals surface area contributed by atoms with E-state index in [4.69, 9.17) is 9.47 Å². The summed E-state index contributed by atoms with van der Waals surface area (Å²) in [7, 11) is -1.76. The molecule has 1 aromatic heterocycles. The maximum absolute atomic E-state index is 12.0. The predicted molar refractivity (Wildman–Crippen MR) is 78.0 cm³/mol. The van der Waals surface area contributed by atoms with E-state index in [0.717, 1.165) is 5.39 Å². The van der Waals surface area contributed by atoms with Crippen molar-refractivity contribution in [2.45, 2.75) is 0 Å². The minimum atomic E-state index is -6.00. The number of esters is 2. The number of rotatable bonds is 2. The van der Waals surface area contributed by atoms with Crippen molar-refractivity contribution < 1.29 is 40.9 Å². The molecule has 10 heteroatoms. The first-order valence-electron chi connectivity index (χ1n) is 6.55. The Kier molecular flexibility index (Phi) is 6.27. The largest absolute Gasteiger partial charge is 0.673 e. The van der Waals surface area contributed by atoms with Crippen LogP contribution in [0.15, 0.2) is 30.5 Å². The van der Waals surface area contributed by atoms with Crippen LogP contribution in [0.1, 0.15) is 20.8 Å². The lowest BCUT2D eigenvalue weighted by Crippen LogP contribution is -2.39. The van der Waals surface area contributed by atoms with Crippen molar-refractivity contribution >= 4 is 30.0 Å². The van der Waals surface area contributed by atoms with Crippen LogP contribution in [-0.4, -0.2) is 33.4 Å². The molecule has 0 aliphatic carbocycles. The molecule has 0 spiro atoms. The first kappa shape index (κ1) is 19.4. The molecule has 0 radical (unpaired) electrons. The van der Waals surface area contributed by atoms with Crippen molar-refractivity contribution in [1.82, 2.24) is 0 Å². The van der Waals surface area contributed by atoms with Gasteiger partial charge in [0.15, 0.2) is 6.20 Å². The van der Waals surface area contributed by atoms with Crippen molar-refractivity contribution in [2.75, 3.05) is 14.2 Å². The molecule has 2 aromatic rings. The molecule has 0 saturated carbocycles. The van der Waals surface area contributed by atoms with Crippen LogP contribution in [0.25, 0.3) is 10.8 Å². The van der Waals surface area contributed by atoms with Crippen LogP contribution in [0, 0.1) is 0 Å². The number of benzene rings is 1. The van der Waals surface area contributed by atoms with Crippen molar-refractivity contribution in [1.29, 1.82) is 0 Å². The molecule has 0 unspecified atom stereocenters. The molecule has 0 fully saturated rings. The minimum absolute atomic E-state index is 0.174. The van der Waals surface area contributed by atoms with E-state index in [1.807, 2.05) is 12.1 Å². The third kappa shape index (κ3) is 4.93. The number of aryl methyl sites for hydroxylation is 1. The van der Waals surface area contributed by atoms with Crippen LogP contribution in [0.5, 0.6) is 0 Å². The first-order chi connectivity index (χ1) is 11.1. The molecule has 1 aromatic carbocycles. The summed E-state index contributed by atoms with van der Waals surface area (Å²) < 4.78 is 50.1. The lowest BCUT2D eigenvalue weighted by atomic mass is 10.0. The van der Waals surface area contributed by atoms with Crippen molar-refractivity contribution in [3.63, 3.8) is 0 Å². The van der Waals surface area contributed by atoms with Crippen molar-refractivity contribution in [3.05, 3.63) is 41.7 Å². The van der Waals surface area contributed by atoms with Gasteiger partial charge < -0.3 is 26.7 Å². The summed E-state index contributed by atoms with van der Waals surface area (Å²) >= 11 is 0. The molecule has 1 heterocycles. The molecule has 0 aliphatic rings. The van der Waals surface area contributed by atoms with Crippen molar-refractivity contribution in [2.24, 2.45) is 7.05 Å². The van der Waals surface area contributed by atoms with Gasteiger partial charge in [0.05, 0.1) is 14.2 Å². The van der Waals surface area contributed by atoms with Gasteiger partial charge in [0.1, 0.15) is 12.6 Å². The molecule has 5 nitrogen and oxygen atoms in total. The molecular formula is C14H14BF4NO4. The molecule has 0 saturated heterocycles. The van der Waals surface area contributed by atoms with Gasteiger partial charge in [-0.2, -0.15) is 4.57 Å². The highest BCUT2D eigenvalue weighted by Gasteiger charge is 2.30. The van der Waals surface area contributed by atoms with E-state index in [0.29, 0.717) is 5.39 Å². The molecule has 130 valence electrons. The highest BCUT2D eigenvalue weighted by molar-refractivity contribution is 6.50. The third-order valence-electron chi connectivity index (χ3n) is 2.92. The van der Waals surface area contributed by atoms with Crippen LogP contribution < -0.4 is 4.57 Å². The van der Waals surface area contributed by atoms with E-state index < -0.39 is 19.2 Å². The van der Waals surface area contributed by atoms with Crippen LogP contribution in [0.2, 0.25) is 0 Å². The number of halogens is 4. The van der Waals surface area contributed by atoms with E-state index in [1.54, 1.807) is 29.9 Å². The van der Waals surface area contributed by atoms with Crippen molar-refractivity contribution in [3.8, 4) is 0 Å². The summed E-state index contributed by atoms with van der Waals surface area (Å²) in [6, 6.07) is 7.30. The van der Waals surface area contributed by atoms with E-state index in [9.17, 15) is 26.9 Å². The first-order valence-corrected chi connectivity index (χ1v) is 6.55. The second kappa shape index (κ2) is 7.76. The molecule has 0 amide bonds. The SMILES string of the molecule is COC(=O)c1c(C(=O)OC)[n+](C)cc2ccccc12.F[B-](F)(F)F. The summed E-state index contributed by atoms with van der Waals surface area (Å²) in [6.45, 7) is 0. The fourth-order valence-corrected chi connectivity index (χ4v) is 2.07. The summed E-state index contributed by atoms with van der Waals surface area (Å²) in [6.07, 6.45) is 1.77. The number of ether oxygens (including phenoxy) is 2. The number of hydrogen-bond donors (Lipinski definition) is 0. The number of pyridine rings is 1. The Labute approximate surface area is 134 Å². The number of hydrogen-bond acceptors (Lipinski definition) is 4. The molecule has 0 N–H and O–H groups in total. The number of carbonyl (C=O) groups is 2. The van der Waals surface area contributed by atoms with Gasteiger partial charge >= 0.3 is 24.9 Å². The number of carbonyl (C=O) groups excluding carboxylic acids is 2. The normalized spacial score (nSPS) is 10.6. The molecule has 24 heavy (non-hydrogen) atoms. The highest BCUT2D eigenvalue weighted by Crippen LogP contribution is 2.21. The molecular weight excluding hydrogens is 333 g/mol. The smallest absolute Gasteiger partial charge is 0.465 e. The Bertz CT molecular complexity index is 758.